The van der Waals surface area contributed by atoms with Crippen LogP contribution in [0.2, 0.25) is 5.02 Å². The average Bonchev–Trinajstić information content (AvgIpc) is 3.08. The van der Waals surface area contributed by atoms with Crippen molar-refractivity contribution in [3.63, 3.8) is 0 Å². The first kappa shape index (κ1) is 20.7. The van der Waals surface area contributed by atoms with E-state index in [1.807, 2.05) is 12.1 Å². The van der Waals surface area contributed by atoms with Gasteiger partial charge >= 0.3 is 5.69 Å². The summed E-state index contributed by atoms with van der Waals surface area (Å²) >= 11 is 5.92. The molecule has 2 aromatic rings. The van der Waals surface area contributed by atoms with Gasteiger partial charge in [-0.1, -0.05) is 43.0 Å². The Morgan fingerprint density at radius 1 is 1.13 bits per heavy atom. The Bertz CT molecular complexity index is 991. The third-order valence-electron chi connectivity index (χ3n) is 6.08. The molecule has 2 aliphatic rings. The molecule has 8 nitrogen and oxygen atoms in total. The second-order valence-electron chi connectivity index (χ2n) is 8.07. The van der Waals surface area contributed by atoms with E-state index in [0.29, 0.717) is 24.7 Å². The molecule has 4 rings (SSSR count). The fourth-order valence-corrected chi connectivity index (χ4v) is 4.37. The van der Waals surface area contributed by atoms with Crippen molar-refractivity contribution in [2.75, 3.05) is 13.6 Å². The summed E-state index contributed by atoms with van der Waals surface area (Å²) in [7, 11) is 1.79. The summed E-state index contributed by atoms with van der Waals surface area (Å²) in [6, 6.07) is 7.52. The van der Waals surface area contributed by atoms with Crippen molar-refractivity contribution in [3.05, 3.63) is 51.2 Å². The molecular weight excluding hydrogens is 406 g/mol. The number of halogens is 1. The molecule has 0 bridgehead atoms. The Hall–Kier alpha value is -2.61. The van der Waals surface area contributed by atoms with Gasteiger partial charge in [-0.15, -0.1) is 5.10 Å². The van der Waals surface area contributed by atoms with Crippen LogP contribution in [0, 0.1) is 0 Å². The molecule has 9 heteroatoms. The topological polar surface area (TPSA) is 80.4 Å². The number of hydrogen-bond acceptors (Lipinski definition) is 4. The molecule has 0 saturated heterocycles. The molecule has 1 aromatic heterocycles. The van der Waals surface area contributed by atoms with Crippen molar-refractivity contribution >= 4 is 23.4 Å². The Balaban J connectivity index is 1.47. The van der Waals surface area contributed by atoms with E-state index in [1.165, 1.54) is 11.0 Å². The number of likely N-dealkylation sites (N-methyl/N-ethyl adjacent to an activating group) is 1. The first-order chi connectivity index (χ1) is 14.4. The highest BCUT2D eigenvalue weighted by molar-refractivity contribution is 6.30. The van der Waals surface area contributed by atoms with Crippen molar-refractivity contribution < 1.29 is 9.59 Å². The highest BCUT2D eigenvalue weighted by atomic mass is 35.5. The van der Waals surface area contributed by atoms with Crippen molar-refractivity contribution in [1.82, 2.24) is 24.1 Å². The number of rotatable bonds is 5. The van der Waals surface area contributed by atoms with E-state index >= 15 is 0 Å². The predicted octanol–water partition coefficient (Wildman–Crippen LogP) is 2.15. The first-order valence-electron chi connectivity index (χ1n) is 10.4. The number of carbonyl (C=O) groups excluding carboxylic acids is 2. The normalized spacial score (nSPS) is 17.1. The monoisotopic (exact) mass is 431 g/mol. The van der Waals surface area contributed by atoms with Gasteiger partial charge in [0.1, 0.15) is 6.54 Å². The lowest BCUT2D eigenvalue weighted by Crippen LogP contribution is -2.43. The van der Waals surface area contributed by atoms with Gasteiger partial charge in [0.05, 0.1) is 0 Å². The van der Waals surface area contributed by atoms with E-state index in [2.05, 4.69) is 5.10 Å². The summed E-state index contributed by atoms with van der Waals surface area (Å²) in [6.07, 6.45) is 5.45. The molecule has 160 valence electrons. The zero-order valence-electron chi connectivity index (χ0n) is 17.1. The lowest BCUT2D eigenvalue weighted by atomic mass is 9.94. The Morgan fingerprint density at radius 2 is 1.83 bits per heavy atom. The van der Waals surface area contributed by atoms with E-state index in [4.69, 9.17) is 11.6 Å². The molecule has 2 heterocycles. The van der Waals surface area contributed by atoms with E-state index in [-0.39, 0.29) is 30.2 Å². The third-order valence-corrected chi connectivity index (χ3v) is 6.33. The molecule has 2 amide bonds. The van der Waals surface area contributed by atoms with Crippen LogP contribution in [0.3, 0.4) is 0 Å². The predicted molar refractivity (Wildman–Crippen MR) is 112 cm³/mol. The molecule has 1 fully saturated rings. The van der Waals surface area contributed by atoms with Crippen LogP contribution in [0.25, 0.3) is 0 Å². The fraction of sp³-hybridized carbons (Fsp3) is 0.524. The number of amides is 2. The van der Waals surface area contributed by atoms with Gasteiger partial charge in [-0.25, -0.2) is 9.48 Å². The van der Waals surface area contributed by atoms with Crippen LogP contribution in [0.4, 0.5) is 0 Å². The summed E-state index contributed by atoms with van der Waals surface area (Å²) in [5.41, 5.74) is 0.544. The summed E-state index contributed by atoms with van der Waals surface area (Å²) in [6.45, 7) is 1.05. The number of nitrogens with zero attached hydrogens (tertiary/aromatic N) is 5. The van der Waals surface area contributed by atoms with Gasteiger partial charge in [-0.2, -0.15) is 0 Å². The summed E-state index contributed by atoms with van der Waals surface area (Å²) in [5.74, 6) is -0.363. The molecule has 1 aliphatic carbocycles. The maximum Gasteiger partial charge on any atom is 0.346 e. The van der Waals surface area contributed by atoms with Gasteiger partial charge in [0.25, 0.3) is 5.91 Å². The second-order valence-corrected chi connectivity index (χ2v) is 8.50. The minimum atomic E-state index is -0.408. The summed E-state index contributed by atoms with van der Waals surface area (Å²) < 4.78 is 2.50. The van der Waals surface area contributed by atoms with Crippen LogP contribution in [-0.4, -0.2) is 55.6 Å². The van der Waals surface area contributed by atoms with Crippen LogP contribution in [0.1, 0.15) is 48.3 Å². The summed E-state index contributed by atoms with van der Waals surface area (Å²) in [5, 5.41) is 4.85. The van der Waals surface area contributed by atoms with Crippen LogP contribution in [-0.2, 0) is 24.4 Å². The van der Waals surface area contributed by atoms with Gasteiger partial charge in [-0.3, -0.25) is 14.2 Å². The van der Waals surface area contributed by atoms with Gasteiger partial charge in [0.15, 0.2) is 0 Å². The zero-order valence-corrected chi connectivity index (χ0v) is 17.8. The largest absolute Gasteiger partial charge is 0.346 e. The van der Waals surface area contributed by atoms with Crippen molar-refractivity contribution in [2.45, 2.75) is 57.8 Å². The molecule has 30 heavy (non-hydrogen) atoms. The molecular formula is C21H26ClN5O3. The second kappa shape index (κ2) is 8.63. The van der Waals surface area contributed by atoms with E-state index in [0.717, 1.165) is 35.9 Å². The number of hydrogen-bond donors (Lipinski definition) is 0. The first-order valence-corrected chi connectivity index (χ1v) is 10.8. The Morgan fingerprint density at radius 3 is 2.53 bits per heavy atom. The molecule has 0 atom stereocenters. The number of fused-ring (bicyclic) bond motifs is 1. The van der Waals surface area contributed by atoms with Crippen LogP contribution >= 0.6 is 11.6 Å². The van der Waals surface area contributed by atoms with Gasteiger partial charge in [-0.05, 0) is 30.5 Å². The van der Waals surface area contributed by atoms with Gasteiger partial charge < -0.3 is 9.80 Å². The van der Waals surface area contributed by atoms with Crippen LogP contribution < -0.4 is 5.69 Å². The van der Waals surface area contributed by atoms with E-state index in [1.54, 1.807) is 29.0 Å². The lowest BCUT2D eigenvalue weighted by Gasteiger charge is -2.31. The molecule has 0 unspecified atom stereocenters. The standard InChI is InChI=1S/C21H26ClN5O3/c1-24(17-5-3-2-4-6-17)18(28)14-27-21(30)26-12-11-25(20(29)19(26)23-27)13-15-7-9-16(22)10-8-15/h7-10,17H,2-6,11-14H2,1H3. The Labute approximate surface area is 180 Å². The van der Waals surface area contributed by atoms with Gasteiger partial charge in [0.2, 0.25) is 11.7 Å². The highest BCUT2D eigenvalue weighted by Crippen LogP contribution is 2.22. The Kier molecular flexibility index (Phi) is 5.94. The van der Waals surface area contributed by atoms with E-state index < -0.39 is 5.69 Å². The molecule has 0 spiro atoms. The maximum atomic E-state index is 12.9. The minimum absolute atomic E-state index is 0.0910. The lowest BCUT2D eigenvalue weighted by molar-refractivity contribution is -0.133. The van der Waals surface area contributed by atoms with E-state index in [9.17, 15) is 14.4 Å². The number of carbonyl (C=O) groups is 2. The smallest absolute Gasteiger partial charge is 0.341 e. The molecule has 1 aromatic carbocycles. The SMILES string of the molecule is CN(C(=O)Cn1nc2n(c1=O)CCN(Cc1ccc(Cl)cc1)C2=O)C1CCCCC1. The van der Waals surface area contributed by atoms with Crippen LogP contribution in [0.5, 0.6) is 0 Å². The number of benzene rings is 1. The highest BCUT2D eigenvalue weighted by Gasteiger charge is 2.31. The number of aromatic nitrogens is 3. The van der Waals surface area contributed by atoms with Gasteiger partial charge in [0, 0.05) is 37.7 Å². The quantitative estimate of drug-likeness (QED) is 0.726. The molecule has 1 saturated carbocycles. The van der Waals surface area contributed by atoms with Crippen molar-refractivity contribution in [1.29, 1.82) is 0 Å². The summed E-state index contributed by atoms with van der Waals surface area (Å²) in [4.78, 5) is 41.7. The molecule has 1 aliphatic heterocycles. The van der Waals surface area contributed by atoms with Crippen molar-refractivity contribution in [3.8, 4) is 0 Å². The zero-order chi connectivity index (χ0) is 21.3. The van der Waals surface area contributed by atoms with Crippen molar-refractivity contribution in [2.24, 2.45) is 0 Å². The third kappa shape index (κ3) is 4.14. The average molecular weight is 432 g/mol. The fourth-order valence-electron chi connectivity index (χ4n) is 4.24. The molecule has 0 N–H and O–H groups in total. The van der Waals surface area contributed by atoms with Crippen LogP contribution in [0.15, 0.2) is 29.1 Å². The maximum absolute atomic E-state index is 12.9. The molecule has 0 radical (unpaired) electrons. The minimum Gasteiger partial charge on any atom is -0.341 e.